The van der Waals surface area contributed by atoms with Gasteiger partial charge in [0.1, 0.15) is 11.4 Å². The van der Waals surface area contributed by atoms with E-state index in [-0.39, 0.29) is 30.7 Å². The van der Waals surface area contributed by atoms with Gasteiger partial charge in [0.15, 0.2) is 0 Å². The summed E-state index contributed by atoms with van der Waals surface area (Å²) in [5.74, 6) is 0.0510. The molecule has 0 saturated carbocycles. The number of carbonyl (C=O) groups is 2. The van der Waals surface area contributed by atoms with E-state index in [0.29, 0.717) is 17.7 Å². The molecule has 2 amide bonds. The van der Waals surface area contributed by atoms with Gasteiger partial charge in [-0.2, -0.15) is 0 Å². The smallest absolute Gasteiger partial charge is 0.278 e. The molecule has 0 atom stereocenters. The van der Waals surface area contributed by atoms with Gasteiger partial charge in [0.05, 0.1) is 25.3 Å². The lowest BCUT2D eigenvalue weighted by molar-refractivity contribution is -0.137. The van der Waals surface area contributed by atoms with Crippen molar-refractivity contribution < 1.29 is 19.1 Å². The van der Waals surface area contributed by atoms with Crippen LogP contribution >= 0.6 is 0 Å². The molecule has 0 radical (unpaired) electrons. The molecule has 0 fully saturated rings. The number of benzene rings is 2. The zero-order valence-electron chi connectivity index (χ0n) is 17.0. The number of hydrogen-bond donors (Lipinski definition) is 1. The van der Waals surface area contributed by atoms with Gasteiger partial charge < -0.3 is 14.8 Å². The van der Waals surface area contributed by atoms with E-state index in [0.717, 1.165) is 23.4 Å². The van der Waals surface area contributed by atoms with Gasteiger partial charge in [0.2, 0.25) is 0 Å². The second-order valence-electron chi connectivity index (χ2n) is 6.87. The highest BCUT2D eigenvalue weighted by molar-refractivity contribution is 6.36. The maximum absolute atomic E-state index is 13.1. The molecule has 1 aliphatic heterocycles. The van der Waals surface area contributed by atoms with Crippen molar-refractivity contribution in [2.45, 2.75) is 20.3 Å². The second kappa shape index (κ2) is 9.39. The summed E-state index contributed by atoms with van der Waals surface area (Å²) in [5.41, 5.74) is 3.16. The molecule has 1 heterocycles. The SMILES string of the molecule is CCCOc1ccc(C2=C(Nc3ccc(C)cc3)C(=O)N(CCOC)C2=O)cc1. The van der Waals surface area contributed by atoms with Gasteiger partial charge in [0, 0.05) is 12.8 Å². The van der Waals surface area contributed by atoms with Gasteiger partial charge in [-0.1, -0.05) is 36.8 Å². The first kappa shape index (κ1) is 20.6. The van der Waals surface area contributed by atoms with Crippen molar-refractivity contribution in [1.82, 2.24) is 4.90 Å². The number of ether oxygens (including phenoxy) is 2. The fourth-order valence-corrected chi connectivity index (χ4v) is 3.06. The zero-order valence-corrected chi connectivity index (χ0v) is 17.0. The van der Waals surface area contributed by atoms with Crippen molar-refractivity contribution in [2.24, 2.45) is 0 Å². The van der Waals surface area contributed by atoms with Crippen LogP contribution in [0.15, 0.2) is 54.2 Å². The van der Waals surface area contributed by atoms with Gasteiger partial charge in [-0.05, 0) is 43.2 Å². The Labute approximate surface area is 171 Å². The van der Waals surface area contributed by atoms with Crippen LogP contribution in [0.3, 0.4) is 0 Å². The van der Waals surface area contributed by atoms with E-state index in [9.17, 15) is 9.59 Å². The fraction of sp³-hybridized carbons (Fsp3) is 0.304. The van der Waals surface area contributed by atoms with E-state index in [4.69, 9.17) is 9.47 Å². The fourth-order valence-electron chi connectivity index (χ4n) is 3.06. The molecule has 0 aliphatic carbocycles. The summed E-state index contributed by atoms with van der Waals surface area (Å²) in [6, 6.07) is 14.9. The molecular weight excluding hydrogens is 368 g/mol. The van der Waals surface area contributed by atoms with E-state index in [1.807, 2.05) is 62.4 Å². The molecular formula is C23H26N2O4. The lowest BCUT2D eigenvalue weighted by Crippen LogP contribution is -2.35. The molecule has 0 aromatic heterocycles. The van der Waals surface area contributed by atoms with Crippen molar-refractivity contribution in [1.29, 1.82) is 0 Å². The molecule has 2 aromatic carbocycles. The highest BCUT2D eigenvalue weighted by Crippen LogP contribution is 2.31. The maximum atomic E-state index is 13.1. The number of hydrogen-bond acceptors (Lipinski definition) is 5. The average Bonchev–Trinajstić information content (AvgIpc) is 2.96. The van der Waals surface area contributed by atoms with Crippen LogP contribution in [0, 0.1) is 6.92 Å². The largest absolute Gasteiger partial charge is 0.494 e. The van der Waals surface area contributed by atoms with Crippen LogP contribution in [0.1, 0.15) is 24.5 Å². The molecule has 1 N–H and O–H groups in total. The Morgan fingerprint density at radius 3 is 2.24 bits per heavy atom. The van der Waals surface area contributed by atoms with Crippen LogP contribution in [0.25, 0.3) is 5.57 Å². The number of nitrogens with zero attached hydrogens (tertiary/aromatic N) is 1. The first-order valence-corrected chi connectivity index (χ1v) is 9.71. The van der Waals surface area contributed by atoms with E-state index < -0.39 is 0 Å². The van der Waals surface area contributed by atoms with Gasteiger partial charge >= 0.3 is 0 Å². The maximum Gasteiger partial charge on any atom is 0.278 e. The highest BCUT2D eigenvalue weighted by atomic mass is 16.5. The first-order chi connectivity index (χ1) is 14.0. The van der Waals surface area contributed by atoms with Crippen molar-refractivity contribution in [3.8, 4) is 5.75 Å². The highest BCUT2D eigenvalue weighted by Gasteiger charge is 2.38. The van der Waals surface area contributed by atoms with Crippen LogP contribution in [-0.2, 0) is 14.3 Å². The minimum atomic E-state index is -0.353. The molecule has 0 bridgehead atoms. The van der Waals surface area contributed by atoms with Crippen LogP contribution < -0.4 is 10.1 Å². The molecule has 1 aliphatic rings. The Balaban J connectivity index is 1.95. The summed E-state index contributed by atoms with van der Waals surface area (Å²) >= 11 is 0. The van der Waals surface area contributed by atoms with Crippen molar-refractivity contribution in [3.05, 3.63) is 65.4 Å². The predicted molar refractivity (Wildman–Crippen MR) is 113 cm³/mol. The molecule has 0 saturated heterocycles. The summed E-state index contributed by atoms with van der Waals surface area (Å²) in [5, 5.41) is 3.15. The third-order valence-electron chi connectivity index (χ3n) is 4.62. The summed E-state index contributed by atoms with van der Waals surface area (Å²) in [6.07, 6.45) is 0.916. The van der Waals surface area contributed by atoms with E-state index in [2.05, 4.69) is 5.32 Å². The van der Waals surface area contributed by atoms with Crippen LogP contribution in [0.2, 0.25) is 0 Å². The number of rotatable bonds is 9. The minimum Gasteiger partial charge on any atom is -0.494 e. The Morgan fingerprint density at radius 2 is 1.62 bits per heavy atom. The molecule has 6 heteroatoms. The first-order valence-electron chi connectivity index (χ1n) is 9.71. The number of aryl methyl sites for hydroxylation is 1. The second-order valence-corrected chi connectivity index (χ2v) is 6.87. The molecule has 152 valence electrons. The van der Waals surface area contributed by atoms with Crippen LogP contribution in [0.4, 0.5) is 5.69 Å². The number of nitrogens with one attached hydrogen (secondary N) is 1. The molecule has 0 unspecified atom stereocenters. The molecule has 29 heavy (non-hydrogen) atoms. The number of anilines is 1. The van der Waals surface area contributed by atoms with E-state index in [1.54, 1.807) is 7.11 Å². The molecule has 3 rings (SSSR count). The number of imide groups is 1. The standard InChI is InChI=1S/C23H26N2O4/c1-4-14-29-19-11-7-17(8-12-19)20-21(24-18-9-5-16(2)6-10-18)23(27)25(22(20)26)13-15-28-3/h5-12,24H,4,13-15H2,1-3H3. The lowest BCUT2D eigenvalue weighted by Gasteiger charge is -2.14. The topological polar surface area (TPSA) is 67.9 Å². The van der Waals surface area contributed by atoms with Crippen molar-refractivity contribution in [3.63, 3.8) is 0 Å². The summed E-state index contributed by atoms with van der Waals surface area (Å²) in [4.78, 5) is 27.3. The van der Waals surface area contributed by atoms with Crippen molar-refractivity contribution in [2.75, 3.05) is 32.2 Å². The quantitative estimate of drug-likeness (QED) is 0.658. The average molecular weight is 394 g/mol. The molecule has 2 aromatic rings. The van der Waals surface area contributed by atoms with Gasteiger partial charge in [-0.25, -0.2) is 0 Å². The Hall–Kier alpha value is -3.12. The van der Waals surface area contributed by atoms with Crippen LogP contribution in [-0.4, -0.2) is 43.6 Å². The monoisotopic (exact) mass is 394 g/mol. The number of carbonyl (C=O) groups excluding carboxylic acids is 2. The third kappa shape index (κ3) is 4.66. The Morgan fingerprint density at radius 1 is 0.931 bits per heavy atom. The number of methoxy groups -OCH3 is 1. The minimum absolute atomic E-state index is 0.203. The van der Waals surface area contributed by atoms with Crippen LogP contribution in [0.5, 0.6) is 5.75 Å². The van der Waals surface area contributed by atoms with Gasteiger partial charge in [-0.3, -0.25) is 14.5 Å². The third-order valence-corrected chi connectivity index (χ3v) is 4.62. The normalized spacial score (nSPS) is 14.0. The molecule has 0 spiro atoms. The zero-order chi connectivity index (χ0) is 20.8. The molecule has 6 nitrogen and oxygen atoms in total. The summed E-state index contributed by atoms with van der Waals surface area (Å²) < 4.78 is 10.7. The van der Waals surface area contributed by atoms with Crippen molar-refractivity contribution >= 4 is 23.1 Å². The Kier molecular flexibility index (Phi) is 6.67. The number of amides is 2. The van der Waals surface area contributed by atoms with Gasteiger partial charge in [0.25, 0.3) is 11.8 Å². The Bertz CT molecular complexity index is 901. The van der Waals surface area contributed by atoms with E-state index >= 15 is 0 Å². The van der Waals surface area contributed by atoms with E-state index in [1.165, 1.54) is 4.90 Å². The predicted octanol–water partition coefficient (Wildman–Crippen LogP) is 3.62. The lowest BCUT2D eigenvalue weighted by atomic mass is 10.0. The summed E-state index contributed by atoms with van der Waals surface area (Å²) in [6.45, 7) is 5.15. The van der Waals surface area contributed by atoms with Gasteiger partial charge in [-0.15, -0.1) is 0 Å². The summed E-state index contributed by atoms with van der Waals surface area (Å²) in [7, 11) is 1.54.